The number of rotatable bonds is 4. The summed E-state index contributed by atoms with van der Waals surface area (Å²) < 4.78 is 6.09. The van der Waals surface area contributed by atoms with Crippen LogP contribution in [0.4, 0.5) is 15.6 Å². The normalized spacial score (nSPS) is 14.0. The Labute approximate surface area is 170 Å². The molecule has 2 aromatic heterocycles. The number of ether oxygens (including phenoxy) is 1. The summed E-state index contributed by atoms with van der Waals surface area (Å²) in [6.45, 7) is 2.74. The minimum atomic E-state index is -0.558. The first-order valence-corrected chi connectivity index (χ1v) is 9.83. The van der Waals surface area contributed by atoms with Crippen LogP contribution in [-0.4, -0.2) is 70.2 Å². The lowest BCUT2D eigenvalue weighted by molar-refractivity contribution is 0.0594. The van der Waals surface area contributed by atoms with Gasteiger partial charge in [-0.1, -0.05) is 11.3 Å². The molecule has 1 aliphatic heterocycles. The van der Waals surface area contributed by atoms with Gasteiger partial charge in [0, 0.05) is 43.4 Å². The van der Waals surface area contributed by atoms with Gasteiger partial charge in [-0.3, -0.25) is 0 Å². The third kappa shape index (κ3) is 4.19. The second-order valence-electron chi connectivity index (χ2n) is 6.31. The van der Waals surface area contributed by atoms with Gasteiger partial charge in [0.2, 0.25) is 0 Å². The average molecular weight is 413 g/mol. The third-order valence-electron chi connectivity index (χ3n) is 4.51. The number of aromatic nitrogens is 4. The molecule has 0 unspecified atom stereocenters. The van der Waals surface area contributed by atoms with E-state index < -0.39 is 5.97 Å². The van der Waals surface area contributed by atoms with E-state index in [1.165, 1.54) is 18.0 Å². The zero-order chi connectivity index (χ0) is 20.2. The molecule has 0 saturated carbocycles. The number of hydrogen-bond donors (Lipinski definition) is 1. The lowest BCUT2D eigenvalue weighted by Crippen LogP contribution is -2.50. The number of amides is 2. The Morgan fingerprint density at radius 1 is 1.21 bits per heavy atom. The van der Waals surface area contributed by atoms with Crippen molar-refractivity contribution in [1.82, 2.24) is 24.9 Å². The second-order valence-corrected chi connectivity index (χ2v) is 7.18. The summed E-state index contributed by atoms with van der Waals surface area (Å²) >= 11 is 1.60. The largest absolute Gasteiger partial charge is 0.464 e. The number of esters is 1. The van der Waals surface area contributed by atoms with Gasteiger partial charge in [0.05, 0.1) is 19.0 Å². The number of urea groups is 1. The summed E-state index contributed by atoms with van der Waals surface area (Å²) in [6, 6.07) is 7.00. The molecular formula is C18H19N7O3S. The van der Waals surface area contributed by atoms with Crippen LogP contribution < -0.4 is 10.2 Å². The number of nitrogens with one attached hydrogen (secondary N) is 1. The first kappa shape index (κ1) is 18.9. The number of methoxy groups -OCH3 is 1. The van der Waals surface area contributed by atoms with Crippen LogP contribution in [0, 0.1) is 0 Å². The highest BCUT2D eigenvalue weighted by Crippen LogP contribution is 2.20. The maximum absolute atomic E-state index is 12.6. The van der Waals surface area contributed by atoms with Gasteiger partial charge >= 0.3 is 12.0 Å². The molecule has 0 radical (unpaired) electrons. The standard InChI is InChI=1S/C18H19N7O3S/c1-28-16(26)15-12-25(22-21-15)14-4-2-3-13(11-14)20-17(27)23-6-8-24(9-7-23)18-19-5-10-29-18/h2-5,10-12H,6-9H2,1H3,(H,20,27). The first-order valence-electron chi connectivity index (χ1n) is 8.95. The molecule has 1 aromatic carbocycles. The number of carbonyl (C=O) groups excluding carboxylic acids is 2. The van der Waals surface area contributed by atoms with Crippen molar-refractivity contribution in [3.63, 3.8) is 0 Å². The molecule has 1 N–H and O–H groups in total. The number of carbonyl (C=O) groups is 2. The van der Waals surface area contributed by atoms with E-state index in [1.54, 1.807) is 46.7 Å². The number of nitrogens with zero attached hydrogens (tertiary/aromatic N) is 6. The fraction of sp³-hybridized carbons (Fsp3) is 0.278. The summed E-state index contributed by atoms with van der Waals surface area (Å²) in [5, 5.41) is 13.6. The van der Waals surface area contributed by atoms with Crippen LogP contribution in [-0.2, 0) is 4.74 Å². The molecule has 0 bridgehead atoms. The molecule has 3 aromatic rings. The molecule has 10 nitrogen and oxygen atoms in total. The van der Waals surface area contributed by atoms with Gasteiger partial charge < -0.3 is 19.9 Å². The predicted molar refractivity (Wildman–Crippen MR) is 108 cm³/mol. The summed E-state index contributed by atoms with van der Waals surface area (Å²) in [6.07, 6.45) is 3.26. The van der Waals surface area contributed by atoms with Gasteiger partial charge in [0.15, 0.2) is 10.8 Å². The Kier molecular flexibility index (Phi) is 5.38. The van der Waals surface area contributed by atoms with E-state index in [9.17, 15) is 9.59 Å². The van der Waals surface area contributed by atoms with Crippen molar-refractivity contribution in [3.8, 4) is 5.69 Å². The zero-order valence-corrected chi connectivity index (χ0v) is 16.5. The van der Waals surface area contributed by atoms with Crippen molar-refractivity contribution in [2.45, 2.75) is 0 Å². The maximum Gasteiger partial charge on any atom is 0.360 e. The Hall–Kier alpha value is -3.47. The Balaban J connectivity index is 1.38. The van der Waals surface area contributed by atoms with Crippen LogP contribution in [0.3, 0.4) is 0 Å². The van der Waals surface area contributed by atoms with Gasteiger partial charge in [0.25, 0.3) is 0 Å². The van der Waals surface area contributed by atoms with Crippen LogP contribution in [0.2, 0.25) is 0 Å². The number of anilines is 2. The SMILES string of the molecule is COC(=O)c1cn(-c2cccc(NC(=O)N3CCN(c4nccs4)CC3)c2)nn1. The van der Waals surface area contributed by atoms with E-state index in [-0.39, 0.29) is 11.7 Å². The fourth-order valence-corrected chi connectivity index (χ4v) is 3.69. The summed E-state index contributed by atoms with van der Waals surface area (Å²) in [5.41, 5.74) is 1.41. The molecule has 1 fully saturated rings. The molecule has 0 aliphatic carbocycles. The maximum atomic E-state index is 12.6. The summed E-state index contributed by atoms with van der Waals surface area (Å²) in [5.74, 6) is -0.558. The van der Waals surface area contributed by atoms with E-state index >= 15 is 0 Å². The van der Waals surface area contributed by atoms with Crippen LogP contribution in [0.1, 0.15) is 10.5 Å². The monoisotopic (exact) mass is 413 g/mol. The van der Waals surface area contributed by atoms with Gasteiger partial charge in [-0.05, 0) is 18.2 Å². The number of piperazine rings is 1. The van der Waals surface area contributed by atoms with Crippen molar-refractivity contribution in [1.29, 1.82) is 0 Å². The molecule has 1 aliphatic rings. The van der Waals surface area contributed by atoms with E-state index in [2.05, 4.69) is 30.2 Å². The number of hydrogen-bond acceptors (Lipinski definition) is 8. The fourth-order valence-electron chi connectivity index (χ4n) is 2.99. The smallest absolute Gasteiger partial charge is 0.360 e. The minimum absolute atomic E-state index is 0.111. The van der Waals surface area contributed by atoms with Crippen LogP contribution in [0.15, 0.2) is 42.0 Å². The predicted octanol–water partition coefficient (Wildman–Crippen LogP) is 1.86. The average Bonchev–Trinajstić information content (AvgIpc) is 3.46. The Morgan fingerprint density at radius 3 is 2.76 bits per heavy atom. The molecule has 0 spiro atoms. The summed E-state index contributed by atoms with van der Waals surface area (Å²) in [4.78, 5) is 32.4. The highest BCUT2D eigenvalue weighted by molar-refractivity contribution is 7.13. The van der Waals surface area contributed by atoms with Crippen LogP contribution >= 0.6 is 11.3 Å². The van der Waals surface area contributed by atoms with E-state index in [1.807, 2.05) is 5.38 Å². The number of benzene rings is 1. The van der Waals surface area contributed by atoms with Crippen molar-refractivity contribution < 1.29 is 14.3 Å². The van der Waals surface area contributed by atoms with E-state index in [4.69, 9.17) is 0 Å². The molecule has 11 heteroatoms. The molecule has 3 heterocycles. The number of thiazole rings is 1. The molecule has 0 atom stereocenters. The molecule has 1 saturated heterocycles. The van der Waals surface area contributed by atoms with Crippen LogP contribution in [0.5, 0.6) is 0 Å². The molecule has 150 valence electrons. The van der Waals surface area contributed by atoms with Gasteiger partial charge in [-0.15, -0.1) is 16.4 Å². The van der Waals surface area contributed by atoms with Gasteiger partial charge in [0.1, 0.15) is 0 Å². The highest BCUT2D eigenvalue weighted by atomic mass is 32.1. The van der Waals surface area contributed by atoms with Gasteiger partial charge in [-0.2, -0.15) is 0 Å². The van der Waals surface area contributed by atoms with E-state index in [0.29, 0.717) is 24.5 Å². The molecule has 2 amide bonds. The topological polar surface area (TPSA) is 105 Å². The summed E-state index contributed by atoms with van der Waals surface area (Å²) in [7, 11) is 1.29. The minimum Gasteiger partial charge on any atom is -0.464 e. The Morgan fingerprint density at radius 2 is 2.03 bits per heavy atom. The Bertz CT molecular complexity index is 997. The van der Waals surface area contributed by atoms with Gasteiger partial charge in [-0.25, -0.2) is 19.3 Å². The molecular weight excluding hydrogens is 394 g/mol. The van der Waals surface area contributed by atoms with E-state index in [0.717, 1.165) is 18.2 Å². The van der Waals surface area contributed by atoms with Crippen molar-refractivity contribution in [3.05, 3.63) is 47.7 Å². The third-order valence-corrected chi connectivity index (χ3v) is 5.34. The quantitative estimate of drug-likeness (QED) is 0.651. The first-order chi connectivity index (χ1) is 14.1. The second kappa shape index (κ2) is 8.27. The molecule has 4 rings (SSSR count). The van der Waals surface area contributed by atoms with Crippen LogP contribution in [0.25, 0.3) is 5.69 Å². The zero-order valence-electron chi connectivity index (χ0n) is 15.7. The van der Waals surface area contributed by atoms with Crippen molar-refractivity contribution >= 4 is 34.2 Å². The molecule has 29 heavy (non-hydrogen) atoms. The highest BCUT2D eigenvalue weighted by Gasteiger charge is 2.22. The van der Waals surface area contributed by atoms with Crippen molar-refractivity contribution in [2.75, 3.05) is 43.5 Å². The lowest BCUT2D eigenvalue weighted by Gasteiger charge is -2.34. The van der Waals surface area contributed by atoms with Crippen molar-refractivity contribution in [2.24, 2.45) is 0 Å². The lowest BCUT2D eigenvalue weighted by atomic mass is 10.2.